The molecule has 1 fully saturated rings. The normalized spacial score (nSPS) is 24.8. The van der Waals surface area contributed by atoms with Gasteiger partial charge in [-0.15, -0.1) is 0 Å². The summed E-state index contributed by atoms with van der Waals surface area (Å²) in [6, 6.07) is -0.293. The molecule has 17 heavy (non-hydrogen) atoms. The molecule has 1 heterocycles. The van der Waals surface area contributed by atoms with E-state index >= 15 is 0 Å². The van der Waals surface area contributed by atoms with Gasteiger partial charge in [0.05, 0.1) is 6.42 Å². The van der Waals surface area contributed by atoms with Gasteiger partial charge in [-0.05, 0) is 20.8 Å². The number of likely N-dealkylation sites (tertiary alicyclic amines) is 1. The Hall–Kier alpha value is -1.30. The minimum Gasteiger partial charge on any atom is -0.481 e. The fourth-order valence-corrected chi connectivity index (χ4v) is 1.81. The Morgan fingerprint density at radius 2 is 2.00 bits per heavy atom. The minimum atomic E-state index is -0.892. The summed E-state index contributed by atoms with van der Waals surface area (Å²) >= 11 is 0. The Labute approximate surface area is 101 Å². The van der Waals surface area contributed by atoms with Crippen molar-refractivity contribution in [2.24, 2.45) is 11.7 Å². The first-order valence-electron chi connectivity index (χ1n) is 5.64. The van der Waals surface area contributed by atoms with E-state index in [4.69, 9.17) is 15.6 Å². The highest BCUT2D eigenvalue weighted by Crippen LogP contribution is 2.21. The zero-order valence-electron chi connectivity index (χ0n) is 10.5. The molecule has 6 heteroatoms. The molecule has 0 unspecified atom stereocenters. The fraction of sp³-hybridized carbons (Fsp3) is 0.818. The monoisotopic (exact) mass is 244 g/mol. The second-order valence-corrected chi connectivity index (χ2v) is 5.41. The Morgan fingerprint density at radius 1 is 1.41 bits per heavy atom. The molecular formula is C11H20N2O4. The van der Waals surface area contributed by atoms with E-state index in [1.54, 1.807) is 20.8 Å². The highest BCUT2D eigenvalue weighted by Gasteiger charge is 2.36. The van der Waals surface area contributed by atoms with Crippen LogP contribution in [-0.4, -0.2) is 46.8 Å². The molecular weight excluding hydrogens is 224 g/mol. The summed E-state index contributed by atoms with van der Waals surface area (Å²) in [6.45, 7) is 6.07. The van der Waals surface area contributed by atoms with Gasteiger partial charge in [-0.25, -0.2) is 4.79 Å². The summed E-state index contributed by atoms with van der Waals surface area (Å²) in [6.07, 6.45) is -0.443. The number of nitrogens with two attached hydrogens (primary N) is 1. The Kier molecular flexibility index (Phi) is 3.98. The third kappa shape index (κ3) is 4.22. The average molecular weight is 244 g/mol. The zero-order chi connectivity index (χ0) is 13.2. The van der Waals surface area contributed by atoms with Gasteiger partial charge in [-0.1, -0.05) is 0 Å². The second kappa shape index (κ2) is 4.91. The van der Waals surface area contributed by atoms with Crippen LogP contribution in [0, 0.1) is 5.92 Å². The number of aliphatic carboxylic acids is 1. The van der Waals surface area contributed by atoms with E-state index < -0.39 is 17.7 Å². The quantitative estimate of drug-likeness (QED) is 0.744. The summed E-state index contributed by atoms with van der Waals surface area (Å²) < 4.78 is 5.21. The zero-order valence-corrected chi connectivity index (χ0v) is 10.5. The van der Waals surface area contributed by atoms with Gasteiger partial charge in [-0.3, -0.25) is 4.79 Å². The van der Waals surface area contributed by atoms with Crippen molar-refractivity contribution in [3.63, 3.8) is 0 Å². The summed E-state index contributed by atoms with van der Waals surface area (Å²) in [5.41, 5.74) is 5.26. The fourth-order valence-electron chi connectivity index (χ4n) is 1.81. The van der Waals surface area contributed by atoms with Gasteiger partial charge in [0.1, 0.15) is 5.60 Å². The maximum Gasteiger partial charge on any atom is 0.410 e. The summed E-state index contributed by atoms with van der Waals surface area (Å²) in [4.78, 5) is 23.8. The smallest absolute Gasteiger partial charge is 0.410 e. The van der Waals surface area contributed by atoms with Crippen LogP contribution in [0.5, 0.6) is 0 Å². The van der Waals surface area contributed by atoms with Crippen LogP contribution in [0.25, 0.3) is 0 Å². The number of amides is 1. The van der Waals surface area contributed by atoms with E-state index in [9.17, 15) is 9.59 Å². The molecule has 98 valence electrons. The maximum absolute atomic E-state index is 11.7. The lowest BCUT2D eigenvalue weighted by atomic mass is 10.0. The van der Waals surface area contributed by atoms with Crippen LogP contribution in [0.4, 0.5) is 4.79 Å². The molecule has 0 bridgehead atoms. The third-order valence-electron chi connectivity index (χ3n) is 2.58. The number of hydrogen-bond acceptors (Lipinski definition) is 4. The van der Waals surface area contributed by atoms with Crippen molar-refractivity contribution in [3.05, 3.63) is 0 Å². The molecule has 2 atom stereocenters. The number of carboxylic acids is 1. The van der Waals surface area contributed by atoms with E-state index in [0.29, 0.717) is 13.1 Å². The molecule has 3 N–H and O–H groups in total. The number of rotatable bonds is 2. The Bertz CT molecular complexity index is 311. The molecule has 0 saturated carbocycles. The third-order valence-corrected chi connectivity index (χ3v) is 2.58. The summed E-state index contributed by atoms with van der Waals surface area (Å²) in [7, 11) is 0. The van der Waals surface area contributed by atoms with Crippen molar-refractivity contribution in [1.82, 2.24) is 4.90 Å². The lowest BCUT2D eigenvalue weighted by molar-refractivity contribution is -0.138. The van der Waals surface area contributed by atoms with Crippen LogP contribution in [0.1, 0.15) is 27.2 Å². The average Bonchev–Trinajstić information content (AvgIpc) is 2.44. The van der Waals surface area contributed by atoms with Gasteiger partial charge in [0.2, 0.25) is 0 Å². The molecule has 0 spiro atoms. The Balaban J connectivity index is 2.53. The van der Waals surface area contributed by atoms with Gasteiger partial charge in [0.25, 0.3) is 0 Å². The molecule has 1 saturated heterocycles. The van der Waals surface area contributed by atoms with E-state index in [1.165, 1.54) is 4.90 Å². The van der Waals surface area contributed by atoms with Crippen molar-refractivity contribution in [2.45, 2.75) is 38.8 Å². The summed E-state index contributed by atoms with van der Waals surface area (Å²) in [5.74, 6) is -1.09. The standard InChI is InChI=1S/C11H20N2O4/c1-11(2,3)17-10(16)13-5-7(4-9(14)15)8(12)6-13/h7-8H,4-6,12H2,1-3H3,(H,14,15)/t7-,8-/m0/s1. The molecule has 1 rings (SSSR count). The van der Waals surface area contributed by atoms with E-state index in [-0.39, 0.29) is 18.4 Å². The van der Waals surface area contributed by atoms with Gasteiger partial charge < -0.3 is 20.5 Å². The SMILES string of the molecule is CC(C)(C)OC(=O)N1C[C@H](CC(=O)O)[C@@H](N)C1. The van der Waals surface area contributed by atoms with Crippen molar-refractivity contribution >= 4 is 12.1 Å². The predicted octanol–water partition coefficient (Wildman–Crippen LogP) is 0.655. The van der Waals surface area contributed by atoms with Crippen LogP contribution in [0.2, 0.25) is 0 Å². The predicted molar refractivity (Wildman–Crippen MR) is 61.5 cm³/mol. The Morgan fingerprint density at radius 3 is 2.47 bits per heavy atom. The number of nitrogens with zero attached hydrogens (tertiary/aromatic N) is 1. The molecule has 0 aromatic heterocycles. The maximum atomic E-state index is 11.7. The van der Waals surface area contributed by atoms with Crippen molar-refractivity contribution in [1.29, 1.82) is 0 Å². The van der Waals surface area contributed by atoms with Crippen LogP contribution in [-0.2, 0) is 9.53 Å². The topological polar surface area (TPSA) is 92.9 Å². The molecule has 6 nitrogen and oxygen atoms in total. The molecule has 1 amide bonds. The minimum absolute atomic E-state index is 0.0134. The first-order chi connectivity index (χ1) is 7.69. The first kappa shape index (κ1) is 13.8. The number of carboxylic acid groups (broad SMARTS) is 1. The van der Waals surface area contributed by atoms with Crippen LogP contribution in [0.15, 0.2) is 0 Å². The lowest BCUT2D eigenvalue weighted by Gasteiger charge is -2.24. The molecule has 0 aromatic rings. The molecule has 1 aliphatic rings. The van der Waals surface area contributed by atoms with E-state index in [1.807, 2.05) is 0 Å². The first-order valence-corrected chi connectivity index (χ1v) is 5.64. The highest BCUT2D eigenvalue weighted by atomic mass is 16.6. The van der Waals surface area contributed by atoms with Crippen molar-refractivity contribution < 1.29 is 19.4 Å². The number of hydrogen-bond donors (Lipinski definition) is 2. The largest absolute Gasteiger partial charge is 0.481 e. The van der Waals surface area contributed by atoms with E-state index in [0.717, 1.165) is 0 Å². The molecule has 0 aliphatic carbocycles. The number of carbonyl (C=O) groups excluding carboxylic acids is 1. The number of ether oxygens (including phenoxy) is 1. The number of carbonyl (C=O) groups is 2. The molecule has 0 radical (unpaired) electrons. The van der Waals surface area contributed by atoms with E-state index in [2.05, 4.69) is 0 Å². The van der Waals surface area contributed by atoms with Crippen LogP contribution in [0.3, 0.4) is 0 Å². The summed E-state index contributed by atoms with van der Waals surface area (Å²) in [5, 5.41) is 8.71. The van der Waals surface area contributed by atoms with Gasteiger partial charge in [-0.2, -0.15) is 0 Å². The van der Waals surface area contributed by atoms with Crippen LogP contribution >= 0.6 is 0 Å². The van der Waals surface area contributed by atoms with Crippen molar-refractivity contribution in [3.8, 4) is 0 Å². The molecule has 0 aromatic carbocycles. The molecule has 1 aliphatic heterocycles. The van der Waals surface area contributed by atoms with Crippen LogP contribution < -0.4 is 5.73 Å². The second-order valence-electron chi connectivity index (χ2n) is 5.41. The van der Waals surface area contributed by atoms with Crippen molar-refractivity contribution in [2.75, 3.05) is 13.1 Å². The lowest BCUT2D eigenvalue weighted by Crippen LogP contribution is -2.36. The van der Waals surface area contributed by atoms with Gasteiger partial charge >= 0.3 is 12.1 Å². The van der Waals surface area contributed by atoms with Gasteiger partial charge in [0.15, 0.2) is 0 Å². The van der Waals surface area contributed by atoms with Gasteiger partial charge in [0, 0.05) is 25.0 Å². The highest BCUT2D eigenvalue weighted by molar-refractivity contribution is 5.70.